The van der Waals surface area contributed by atoms with Gasteiger partial charge in [0.2, 0.25) is 0 Å². The Morgan fingerprint density at radius 1 is 1.18 bits per heavy atom. The molecule has 0 saturated heterocycles. The van der Waals surface area contributed by atoms with Crippen molar-refractivity contribution in [3.8, 4) is 5.69 Å². The minimum atomic E-state index is -0.636. The number of rotatable bonds is 4. The normalized spacial score (nSPS) is 10.4. The highest BCUT2D eigenvalue weighted by atomic mass is 19.1. The van der Waals surface area contributed by atoms with Crippen molar-refractivity contribution in [2.45, 2.75) is 6.54 Å². The van der Waals surface area contributed by atoms with Crippen molar-refractivity contribution in [3.63, 3.8) is 0 Å². The number of para-hydroxylation sites is 1. The third-order valence-corrected chi connectivity index (χ3v) is 3.23. The fraction of sp³-hybridized carbons (Fsp3) is 0.0625. The zero-order valence-corrected chi connectivity index (χ0v) is 11.6. The van der Waals surface area contributed by atoms with E-state index in [1.807, 2.05) is 35.0 Å². The number of nitrogens with zero attached hydrogens (tertiary/aromatic N) is 3. The van der Waals surface area contributed by atoms with Gasteiger partial charge in [-0.05, 0) is 17.7 Å². The van der Waals surface area contributed by atoms with E-state index in [1.165, 1.54) is 12.3 Å². The first-order valence-corrected chi connectivity index (χ1v) is 6.69. The lowest BCUT2D eigenvalue weighted by Crippen LogP contribution is -2.24. The molecule has 0 aliphatic carbocycles. The Balaban J connectivity index is 1.78. The molecule has 0 aliphatic rings. The SMILES string of the molecule is O=C(NCc1ccccc1-n1ccnc1)c1ccncc1F. The monoisotopic (exact) mass is 296 g/mol. The number of amides is 1. The molecular formula is C16H13FN4O. The second-order valence-electron chi connectivity index (χ2n) is 4.64. The molecule has 1 amide bonds. The van der Waals surface area contributed by atoms with Crippen molar-refractivity contribution >= 4 is 5.91 Å². The highest BCUT2D eigenvalue weighted by molar-refractivity contribution is 5.94. The van der Waals surface area contributed by atoms with E-state index in [0.717, 1.165) is 17.4 Å². The van der Waals surface area contributed by atoms with Gasteiger partial charge in [-0.2, -0.15) is 0 Å². The molecule has 0 aliphatic heterocycles. The first-order valence-electron chi connectivity index (χ1n) is 6.69. The van der Waals surface area contributed by atoms with Gasteiger partial charge in [-0.3, -0.25) is 9.78 Å². The van der Waals surface area contributed by atoms with Gasteiger partial charge in [-0.25, -0.2) is 9.37 Å². The highest BCUT2D eigenvalue weighted by Gasteiger charge is 2.12. The fourth-order valence-corrected chi connectivity index (χ4v) is 2.14. The van der Waals surface area contributed by atoms with Gasteiger partial charge in [0, 0.05) is 25.1 Å². The van der Waals surface area contributed by atoms with Crippen LogP contribution in [0.2, 0.25) is 0 Å². The van der Waals surface area contributed by atoms with E-state index in [4.69, 9.17) is 0 Å². The largest absolute Gasteiger partial charge is 0.348 e. The second kappa shape index (κ2) is 6.17. The molecule has 6 heteroatoms. The summed E-state index contributed by atoms with van der Waals surface area (Å²) in [7, 11) is 0. The van der Waals surface area contributed by atoms with Crippen LogP contribution in [0, 0.1) is 5.82 Å². The number of nitrogens with one attached hydrogen (secondary N) is 1. The lowest BCUT2D eigenvalue weighted by atomic mass is 10.1. The van der Waals surface area contributed by atoms with Crippen molar-refractivity contribution in [3.05, 3.63) is 78.4 Å². The Labute approximate surface area is 126 Å². The van der Waals surface area contributed by atoms with Gasteiger partial charge in [0.1, 0.15) is 0 Å². The summed E-state index contributed by atoms with van der Waals surface area (Å²) in [6, 6.07) is 8.97. The smallest absolute Gasteiger partial charge is 0.254 e. The molecule has 0 saturated carbocycles. The third kappa shape index (κ3) is 2.85. The fourth-order valence-electron chi connectivity index (χ4n) is 2.14. The zero-order valence-electron chi connectivity index (χ0n) is 11.6. The molecule has 5 nitrogen and oxygen atoms in total. The number of hydrogen-bond donors (Lipinski definition) is 1. The molecule has 2 heterocycles. The highest BCUT2D eigenvalue weighted by Crippen LogP contribution is 2.14. The molecule has 0 unspecified atom stereocenters. The molecule has 0 radical (unpaired) electrons. The number of benzene rings is 1. The Morgan fingerprint density at radius 3 is 2.82 bits per heavy atom. The summed E-state index contributed by atoms with van der Waals surface area (Å²) in [6.45, 7) is 0.287. The maximum atomic E-state index is 13.5. The van der Waals surface area contributed by atoms with Gasteiger partial charge >= 0.3 is 0 Å². The summed E-state index contributed by atoms with van der Waals surface area (Å²) in [6.07, 6.45) is 7.60. The number of imidazole rings is 1. The summed E-state index contributed by atoms with van der Waals surface area (Å²) in [5, 5.41) is 2.72. The van der Waals surface area contributed by atoms with Gasteiger partial charge < -0.3 is 9.88 Å². The Hall–Kier alpha value is -3.02. The Morgan fingerprint density at radius 2 is 2.05 bits per heavy atom. The zero-order chi connectivity index (χ0) is 15.4. The molecule has 2 aromatic heterocycles. The van der Waals surface area contributed by atoms with E-state index < -0.39 is 11.7 Å². The van der Waals surface area contributed by atoms with E-state index >= 15 is 0 Å². The summed E-state index contributed by atoms with van der Waals surface area (Å²) in [5.74, 6) is -1.11. The van der Waals surface area contributed by atoms with Crippen molar-refractivity contribution in [2.24, 2.45) is 0 Å². The van der Waals surface area contributed by atoms with Crippen molar-refractivity contribution in [1.29, 1.82) is 0 Å². The number of carbonyl (C=O) groups is 1. The lowest BCUT2D eigenvalue weighted by molar-refractivity contribution is 0.0946. The predicted molar refractivity (Wildman–Crippen MR) is 78.9 cm³/mol. The first-order chi connectivity index (χ1) is 10.8. The molecule has 3 rings (SSSR count). The maximum absolute atomic E-state index is 13.5. The standard InChI is InChI=1S/C16H13FN4O/c17-14-10-18-6-5-13(14)16(22)20-9-12-3-1-2-4-15(12)21-8-7-19-11-21/h1-8,10-11H,9H2,(H,20,22). The van der Waals surface area contributed by atoms with Crippen LogP contribution in [0.3, 0.4) is 0 Å². The average Bonchev–Trinajstić information content (AvgIpc) is 3.07. The van der Waals surface area contributed by atoms with E-state index in [1.54, 1.807) is 12.5 Å². The van der Waals surface area contributed by atoms with Gasteiger partial charge in [-0.1, -0.05) is 18.2 Å². The van der Waals surface area contributed by atoms with Crippen LogP contribution in [0.4, 0.5) is 4.39 Å². The van der Waals surface area contributed by atoms with Gasteiger partial charge in [0.05, 0.1) is 23.8 Å². The quantitative estimate of drug-likeness (QED) is 0.804. The minimum absolute atomic E-state index is 0.0184. The Kier molecular flexibility index (Phi) is 3.91. The number of hydrogen-bond acceptors (Lipinski definition) is 3. The molecule has 3 aromatic rings. The van der Waals surface area contributed by atoms with Crippen LogP contribution in [0.5, 0.6) is 0 Å². The van der Waals surface area contributed by atoms with Gasteiger partial charge in [0.15, 0.2) is 5.82 Å². The number of aromatic nitrogens is 3. The number of pyridine rings is 1. The number of halogens is 1. The summed E-state index contributed by atoms with van der Waals surface area (Å²) in [4.78, 5) is 19.7. The summed E-state index contributed by atoms with van der Waals surface area (Å²) in [5.41, 5.74) is 1.80. The minimum Gasteiger partial charge on any atom is -0.348 e. The van der Waals surface area contributed by atoms with E-state index in [9.17, 15) is 9.18 Å². The van der Waals surface area contributed by atoms with Crippen molar-refractivity contribution < 1.29 is 9.18 Å². The molecule has 0 fully saturated rings. The van der Waals surface area contributed by atoms with Crippen molar-refractivity contribution in [2.75, 3.05) is 0 Å². The van der Waals surface area contributed by atoms with Crippen LogP contribution in [0.15, 0.2) is 61.4 Å². The maximum Gasteiger partial charge on any atom is 0.254 e. The summed E-state index contributed by atoms with van der Waals surface area (Å²) < 4.78 is 15.4. The lowest BCUT2D eigenvalue weighted by Gasteiger charge is -2.11. The van der Waals surface area contributed by atoms with Crippen LogP contribution in [0.25, 0.3) is 5.69 Å². The van der Waals surface area contributed by atoms with Gasteiger partial charge in [0.25, 0.3) is 5.91 Å². The van der Waals surface area contributed by atoms with Crippen LogP contribution in [-0.2, 0) is 6.54 Å². The Bertz CT molecular complexity index is 786. The second-order valence-corrected chi connectivity index (χ2v) is 4.64. The molecule has 22 heavy (non-hydrogen) atoms. The van der Waals surface area contributed by atoms with E-state index in [2.05, 4.69) is 15.3 Å². The van der Waals surface area contributed by atoms with Crippen molar-refractivity contribution in [1.82, 2.24) is 19.9 Å². The van der Waals surface area contributed by atoms with Crippen LogP contribution in [-0.4, -0.2) is 20.4 Å². The predicted octanol–water partition coefficient (Wildman–Crippen LogP) is 2.34. The molecule has 1 N–H and O–H groups in total. The average molecular weight is 296 g/mol. The molecule has 0 spiro atoms. The molecule has 0 atom stereocenters. The molecule has 1 aromatic carbocycles. The molecular weight excluding hydrogens is 283 g/mol. The topological polar surface area (TPSA) is 59.8 Å². The molecule has 110 valence electrons. The summed E-state index contributed by atoms with van der Waals surface area (Å²) >= 11 is 0. The van der Waals surface area contributed by atoms with Crippen LogP contribution < -0.4 is 5.32 Å². The van der Waals surface area contributed by atoms with Gasteiger partial charge in [-0.15, -0.1) is 0 Å². The van der Waals surface area contributed by atoms with E-state index in [-0.39, 0.29) is 12.1 Å². The molecule has 0 bridgehead atoms. The number of carbonyl (C=O) groups excluding carboxylic acids is 1. The van der Waals surface area contributed by atoms with Crippen LogP contribution in [0.1, 0.15) is 15.9 Å². The van der Waals surface area contributed by atoms with E-state index in [0.29, 0.717) is 0 Å². The van der Waals surface area contributed by atoms with Crippen LogP contribution >= 0.6 is 0 Å². The first kappa shape index (κ1) is 13.9. The third-order valence-electron chi connectivity index (χ3n) is 3.23.